The summed E-state index contributed by atoms with van der Waals surface area (Å²) in [5, 5.41) is 0. The summed E-state index contributed by atoms with van der Waals surface area (Å²) in [4.78, 5) is 0.462. The molecule has 0 spiro atoms. The number of aryl methyl sites for hydroxylation is 1. The lowest BCUT2D eigenvalue weighted by atomic mass is 10.2. The van der Waals surface area contributed by atoms with Crippen molar-refractivity contribution >= 4 is 31.6 Å². The standard InChI is InChI=1S/C18H16N2O3S2/c1-4-11-20-16-10-5-13(2)12-17(16)24-18(20)19-25(21,22)15-8-6-14(23-3)7-9-15/h1,5-10,12H,11H2,2-3H3/b19-18-. The fourth-order valence-corrected chi connectivity index (χ4v) is 4.73. The van der Waals surface area contributed by atoms with Crippen molar-refractivity contribution in [3.8, 4) is 18.1 Å². The third kappa shape index (κ3) is 3.45. The van der Waals surface area contributed by atoms with Gasteiger partial charge in [0.2, 0.25) is 4.80 Å². The monoisotopic (exact) mass is 372 g/mol. The second kappa shape index (κ2) is 6.75. The summed E-state index contributed by atoms with van der Waals surface area (Å²) in [6.07, 6.45) is 5.45. The zero-order chi connectivity index (χ0) is 18.0. The lowest BCUT2D eigenvalue weighted by Crippen LogP contribution is -2.16. The molecule has 0 unspecified atom stereocenters. The Hall–Kier alpha value is -2.56. The van der Waals surface area contributed by atoms with Crippen LogP contribution in [0.3, 0.4) is 0 Å². The molecule has 7 heteroatoms. The minimum absolute atomic E-state index is 0.106. The summed E-state index contributed by atoms with van der Waals surface area (Å²) >= 11 is 1.30. The minimum atomic E-state index is -3.85. The Kier molecular flexibility index (Phi) is 4.66. The lowest BCUT2D eigenvalue weighted by Gasteiger charge is -2.02. The number of ether oxygens (including phenoxy) is 1. The van der Waals surface area contributed by atoms with Gasteiger partial charge in [0.05, 0.1) is 28.8 Å². The molecule has 3 aromatic rings. The molecular weight excluding hydrogens is 356 g/mol. The molecule has 0 aliphatic rings. The zero-order valence-electron chi connectivity index (χ0n) is 13.8. The van der Waals surface area contributed by atoms with Crippen molar-refractivity contribution in [3.63, 3.8) is 0 Å². The number of hydrogen-bond acceptors (Lipinski definition) is 4. The lowest BCUT2D eigenvalue weighted by molar-refractivity contribution is 0.414. The molecule has 5 nitrogen and oxygen atoms in total. The number of fused-ring (bicyclic) bond motifs is 1. The highest BCUT2D eigenvalue weighted by atomic mass is 32.2. The number of methoxy groups -OCH3 is 1. The fraction of sp³-hybridized carbons (Fsp3) is 0.167. The molecule has 0 saturated carbocycles. The number of aromatic nitrogens is 1. The van der Waals surface area contributed by atoms with Crippen molar-refractivity contribution in [2.45, 2.75) is 18.4 Å². The average molecular weight is 372 g/mol. The molecule has 3 rings (SSSR count). The molecule has 0 fully saturated rings. The maximum Gasteiger partial charge on any atom is 0.285 e. The summed E-state index contributed by atoms with van der Waals surface area (Å²) in [5.74, 6) is 3.14. The molecule has 0 aliphatic carbocycles. The van der Waals surface area contributed by atoms with Gasteiger partial charge in [0.1, 0.15) is 5.75 Å². The number of terminal acetylenes is 1. The number of sulfonamides is 1. The maximum absolute atomic E-state index is 12.6. The molecule has 1 aromatic heterocycles. The highest BCUT2D eigenvalue weighted by Crippen LogP contribution is 2.21. The van der Waals surface area contributed by atoms with Crippen LogP contribution in [0.1, 0.15) is 5.56 Å². The summed E-state index contributed by atoms with van der Waals surface area (Å²) in [5.41, 5.74) is 1.96. The molecule has 0 radical (unpaired) electrons. The molecule has 0 bridgehead atoms. The van der Waals surface area contributed by atoms with Gasteiger partial charge >= 0.3 is 0 Å². The molecule has 2 aromatic carbocycles. The van der Waals surface area contributed by atoms with Gasteiger partial charge in [-0.15, -0.1) is 10.8 Å². The first-order valence-electron chi connectivity index (χ1n) is 7.43. The van der Waals surface area contributed by atoms with Gasteiger partial charge in [-0.25, -0.2) is 0 Å². The van der Waals surface area contributed by atoms with Crippen LogP contribution < -0.4 is 9.54 Å². The van der Waals surface area contributed by atoms with Crippen molar-refractivity contribution in [1.82, 2.24) is 4.57 Å². The number of benzene rings is 2. The number of nitrogens with zero attached hydrogens (tertiary/aromatic N) is 2. The molecule has 128 valence electrons. The van der Waals surface area contributed by atoms with E-state index in [1.54, 1.807) is 16.7 Å². The normalized spacial score (nSPS) is 12.3. The first-order chi connectivity index (χ1) is 11.9. The quantitative estimate of drug-likeness (QED) is 0.662. The molecule has 0 saturated heterocycles. The number of thiazole rings is 1. The summed E-state index contributed by atoms with van der Waals surface area (Å²) in [6.45, 7) is 2.23. The Labute approximate surface area is 150 Å². The van der Waals surface area contributed by atoms with Crippen LogP contribution in [0.4, 0.5) is 0 Å². The van der Waals surface area contributed by atoms with Crippen LogP contribution in [0.25, 0.3) is 10.2 Å². The van der Waals surface area contributed by atoms with E-state index in [-0.39, 0.29) is 11.4 Å². The van der Waals surface area contributed by atoms with E-state index in [4.69, 9.17) is 11.2 Å². The van der Waals surface area contributed by atoms with E-state index in [0.29, 0.717) is 10.6 Å². The Balaban J connectivity index is 2.19. The van der Waals surface area contributed by atoms with Gasteiger partial charge in [0, 0.05) is 0 Å². The first kappa shape index (κ1) is 17.3. The van der Waals surface area contributed by atoms with Gasteiger partial charge in [0.25, 0.3) is 10.0 Å². The van der Waals surface area contributed by atoms with E-state index in [1.807, 2.05) is 25.1 Å². The van der Waals surface area contributed by atoms with E-state index in [9.17, 15) is 8.42 Å². The van der Waals surface area contributed by atoms with Gasteiger partial charge < -0.3 is 9.30 Å². The topological polar surface area (TPSA) is 60.7 Å². The van der Waals surface area contributed by atoms with Crippen LogP contribution >= 0.6 is 11.3 Å². The number of hydrogen-bond donors (Lipinski definition) is 0. The predicted molar refractivity (Wildman–Crippen MR) is 99.1 cm³/mol. The van der Waals surface area contributed by atoms with Gasteiger partial charge in [-0.05, 0) is 48.9 Å². The summed E-state index contributed by atoms with van der Waals surface area (Å²) < 4.78 is 37.0. The average Bonchev–Trinajstić information content (AvgIpc) is 2.91. The maximum atomic E-state index is 12.6. The minimum Gasteiger partial charge on any atom is -0.497 e. The smallest absolute Gasteiger partial charge is 0.285 e. The molecular formula is C18H16N2O3S2. The molecule has 0 atom stereocenters. The molecule has 0 amide bonds. The van der Waals surface area contributed by atoms with Crippen LogP contribution in [0, 0.1) is 19.3 Å². The van der Waals surface area contributed by atoms with Crippen molar-refractivity contribution < 1.29 is 13.2 Å². The third-order valence-corrected chi connectivity index (χ3v) is 6.08. The van der Waals surface area contributed by atoms with Gasteiger partial charge in [-0.3, -0.25) is 0 Å². The van der Waals surface area contributed by atoms with E-state index in [1.165, 1.54) is 30.6 Å². The first-order valence-corrected chi connectivity index (χ1v) is 9.69. The highest BCUT2D eigenvalue weighted by molar-refractivity contribution is 7.90. The van der Waals surface area contributed by atoms with Gasteiger partial charge in [0.15, 0.2) is 0 Å². The molecule has 25 heavy (non-hydrogen) atoms. The van der Waals surface area contributed by atoms with Gasteiger partial charge in [-0.1, -0.05) is 23.3 Å². The summed E-state index contributed by atoms with van der Waals surface area (Å²) in [7, 11) is -2.32. The Morgan fingerprint density at radius 2 is 1.96 bits per heavy atom. The van der Waals surface area contributed by atoms with Crippen LogP contribution in [0.2, 0.25) is 0 Å². The second-order valence-corrected chi connectivity index (χ2v) is 8.00. The number of rotatable bonds is 4. The van der Waals surface area contributed by atoms with Crippen LogP contribution in [-0.2, 0) is 16.6 Å². The Morgan fingerprint density at radius 1 is 1.24 bits per heavy atom. The predicted octanol–water partition coefficient (Wildman–Crippen LogP) is 2.94. The Bertz CT molecular complexity index is 1130. The van der Waals surface area contributed by atoms with Crippen molar-refractivity contribution in [1.29, 1.82) is 0 Å². The van der Waals surface area contributed by atoms with E-state index < -0.39 is 10.0 Å². The van der Waals surface area contributed by atoms with Gasteiger partial charge in [-0.2, -0.15) is 8.42 Å². The van der Waals surface area contributed by atoms with Crippen LogP contribution in [0.15, 0.2) is 51.8 Å². The fourth-order valence-electron chi connectivity index (χ4n) is 2.40. The van der Waals surface area contributed by atoms with E-state index in [0.717, 1.165) is 15.8 Å². The Morgan fingerprint density at radius 3 is 2.60 bits per heavy atom. The van der Waals surface area contributed by atoms with Crippen LogP contribution in [-0.4, -0.2) is 20.1 Å². The summed E-state index contributed by atoms with van der Waals surface area (Å²) in [6, 6.07) is 12.0. The van der Waals surface area contributed by atoms with E-state index >= 15 is 0 Å². The largest absolute Gasteiger partial charge is 0.497 e. The molecule has 0 N–H and O–H groups in total. The van der Waals surface area contributed by atoms with Crippen molar-refractivity contribution in [2.24, 2.45) is 4.40 Å². The molecule has 0 aliphatic heterocycles. The van der Waals surface area contributed by atoms with Crippen molar-refractivity contribution in [3.05, 3.63) is 52.8 Å². The highest BCUT2D eigenvalue weighted by Gasteiger charge is 2.15. The zero-order valence-corrected chi connectivity index (χ0v) is 15.4. The third-order valence-electron chi connectivity index (χ3n) is 3.64. The van der Waals surface area contributed by atoms with Crippen molar-refractivity contribution in [2.75, 3.05) is 7.11 Å². The molecule has 1 heterocycles. The van der Waals surface area contributed by atoms with Crippen LogP contribution in [0.5, 0.6) is 5.75 Å². The second-order valence-electron chi connectivity index (χ2n) is 5.39. The SMILES string of the molecule is C#CCn1/c(=N/S(=O)(=O)c2ccc(OC)cc2)sc2cc(C)ccc21. The van der Waals surface area contributed by atoms with E-state index in [2.05, 4.69) is 10.3 Å².